The fourth-order valence-electron chi connectivity index (χ4n) is 3.87. The predicted octanol–water partition coefficient (Wildman–Crippen LogP) is 6.45. The van der Waals surface area contributed by atoms with E-state index in [-0.39, 0.29) is 5.91 Å². The van der Waals surface area contributed by atoms with Crippen LogP contribution in [-0.2, 0) is 6.42 Å². The highest BCUT2D eigenvalue weighted by molar-refractivity contribution is 7.13. The third-order valence-electron chi connectivity index (χ3n) is 5.59. The highest BCUT2D eigenvalue weighted by atomic mass is 32.1. The zero-order chi connectivity index (χ0) is 23.6. The molecular formula is C27H18N4O3S. The topological polar surface area (TPSA) is 94.1 Å². The molecule has 0 saturated carbocycles. The van der Waals surface area contributed by atoms with Gasteiger partial charge in [0.25, 0.3) is 5.91 Å². The van der Waals surface area contributed by atoms with E-state index in [1.54, 1.807) is 29.5 Å². The van der Waals surface area contributed by atoms with Crippen LogP contribution in [0, 0.1) is 0 Å². The Morgan fingerprint density at radius 3 is 2.60 bits per heavy atom. The van der Waals surface area contributed by atoms with E-state index in [1.165, 1.54) is 0 Å². The largest absolute Gasteiger partial charge is 0.355 e. The highest BCUT2D eigenvalue weighted by Crippen LogP contribution is 2.30. The molecule has 0 unspecified atom stereocenters. The van der Waals surface area contributed by atoms with Crippen molar-refractivity contribution in [1.82, 2.24) is 15.3 Å². The standard InChI is InChI=1S/C27H18N4O3S/c32-27(19-12-13-22-20(15-19)25(34-30-22)17-7-2-1-3-8-17)28-21-10-5-4-9-18(21)16-24-29-26(31-33-24)23-11-6-14-35-23/h1-15H,16H2,(H,28,32). The van der Waals surface area contributed by atoms with Crippen molar-refractivity contribution in [2.45, 2.75) is 6.42 Å². The van der Waals surface area contributed by atoms with Crippen LogP contribution in [0.1, 0.15) is 21.8 Å². The monoisotopic (exact) mass is 478 g/mol. The summed E-state index contributed by atoms with van der Waals surface area (Å²) in [4.78, 5) is 18.6. The Morgan fingerprint density at radius 1 is 0.886 bits per heavy atom. The van der Waals surface area contributed by atoms with Gasteiger partial charge in [-0.05, 0) is 41.3 Å². The van der Waals surface area contributed by atoms with Crippen LogP contribution in [-0.4, -0.2) is 21.2 Å². The van der Waals surface area contributed by atoms with E-state index in [9.17, 15) is 4.79 Å². The summed E-state index contributed by atoms with van der Waals surface area (Å²) in [5.41, 5.74) is 3.66. The van der Waals surface area contributed by atoms with Crippen molar-refractivity contribution >= 4 is 33.8 Å². The van der Waals surface area contributed by atoms with Crippen LogP contribution < -0.4 is 5.32 Å². The second-order valence-corrected chi connectivity index (χ2v) is 8.83. The number of carbonyl (C=O) groups is 1. The average Bonchev–Trinajstić information content (AvgIpc) is 3.66. The van der Waals surface area contributed by atoms with Crippen molar-refractivity contribution in [1.29, 1.82) is 0 Å². The number of benzene rings is 3. The van der Waals surface area contributed by atoms with Crippen LogP contribution in [0.5, 0.6) is 0 Å². The fourth-order valence-corrected chi connectivity index (χ4v) is 4.52. The molecular weight excluding hydrogens is 460 g/mol. The maximum atomic E-state index is 13.2. The molecule has 1 amide bonds. The minimum absolute atomic E-state index is 0.232. The summed E-state index contributed by atoms with van der Waals surface area (Å²) in [5, 5.41) is 14.0. The van der Waals surface area contributed by atoms with Gasteiger partial charge in [0.2, 0.25) is 11.7 Å². The Bertz CT molecular complexity index is 1620. The molecule has 35 heavy (non-hydrogen) atoms. The minimum Gasteiger partial charge on any atom is -0.355 e. The van der Waals surface area contributed by atoms with Gasteiger partial charge >= 0.3 is 0 Å². The molecule has 0 bridgehead atoms. The number of amides is 1. The number of aromatic nitrogens is 3. The lowest BCUT2D eigenvalue weighted by Gasteiger charge is -2.10. The first-order chi connectivity index (χ1) is 17.2. The lowest BCUT2D eigenvalue weighted by molar-refractivity contribution is 0.102. The molecule has 0 atom stereocenters. The lowest BCUT2D eigenvalue weighted by Crippen LogP contribution is -2.13. The first-order valence-corrected chi connectivity index (χ1v) is 11.8. The number of rotatable bonds is 6. The minimum atomic E-state index is -0.232. The summed E-state index contributed by atoms with van der Waals surface area (Å²) in [6, 6.07) is 26.5. The second-order valence-electron chi connectivity index (χ2n) is 7.89. The van der Waals surface area contributed by atoms with Gasteiger partial charge in [-0.15, -0.1) is 11.3 Å². The SMILES string of the molecule is O=C(Nc1ccccc1Cc1nc(-c2cccs2)no1)c1ccc2noc(-c3ccccc3)c2c1. The van der Waals surface area contributed by atoms with E-state index in [0.717, 1.165) is 21.4 Å². The number of hydrogen-bond acceptors (Lipinski definition) is 7. The molecule has 1 N–H and O–H groups in total. The van der Waals surface area contributed by atoms with E-state index >= 15 is 0 Å². The summed E-state index contributed by atoms with van der Waals surface area (Å²) in [6.45, 7) is 0. The van der Waals surface area contributed by atoms with Crippen LogP contribution in [0.15, 0.2) is 99.4 Å². The lowest BCUT2D eigenvalue weighted by atomic mass is 10.1. The van der Waals surface area contributed by atoms with Gasteiger partial charge in [0.05, 0.1) is 16.7 Å². The summed E-state index contributed by atoms with van der Waals surface area (Å²) < 4.78 is 11.0. The number of nitrogens with zero attached hydrogens (tertiary/aromatic N) is 3. The summed E-state index contributed by atoms with van der Waals surface area (Å²) in [5.74, 6) is 1.44. The maximum absolute atomic E-state index is 13.2. The Kier molecular flexibility index (Phi) is 5.40. The van der Waals surface area contributed by atoms with E-state index < -0.39 is 0 Å². The predicted molar refractivity (Wildman–Crippen MR) is 134 cm³/mol. The average molecular weight is 479 g/mol. The number of fused-ring (bicyclic) bond motifs is 1. The van der Waals surface area contributed by atoms with E-state index in [2.05, 4.69) is 20.6 Å². The normalized spacial score (nSPS) is 11.1. The van der Waals surface area contributed by atoms with Crippen molar-refractivity contribution in [3.63, 3.8) is 0 Å². The van der Waals surface area contributed by atoms with E-state index in [4.69, 9.17) is 9.05 Å². The molecule has 0 aliphatic carbocycles. The molecule has 3 aromatic heterocycles. The summed E-state index contributed by atoms with van der Waals surface area (Å²) in [7, 11) is 0. The molecule has 170 valence electrons. The summed E-state index contributed by atoms with van der Waals surface area (Å²) >= 11 is 1.55. The zero-order valence-corrected chi connectivity index (χ0v) is 19.2. The number of anilines is 1. The van der Waals surface area contributed by atoms with Gasteiger partial charge in [0.15, 0.2) is 5.76 Å². The molecule has 0 fully saturated rings. The zero-order valence-electron chi connectivity index (χ0n) is 18.3. The molecule has 0 aliphatic rings. The number of carbonyl (C=O) groups excluding carboxylic acids is 1. The molecule has 0 radical (unpaired) electrons. The molecule has 6 aromatic rings. The smallest absolute Gasteiger partial charge is 0.255 e. The van der Waals surface area contributed by atoms with Gasteiger partial charge in [-0.3, -0.25) is 4.79 Å². The third-order valence-corrected chi connectivity index (χ3v) is 6.46. The molecule has 3 aromatic carbocycles. The van der Waals surface area contributed by atoms with Crippen molar-refractivity contribution in [3.05, 3.63) is 107 Å². The second kappa shape index (κ2) is 9.00. The van der Waals surface area contributed by atoms with E-state index in [1.807, 2.05) is 72.1 Å². The highest BCUT2D eigenvalue weighted by Gasteiger charge is 2.16. The van der Waals surface area contributed by atoms with Gasteiger partial charge in [-0.2, -0.15) is 4.98 Å². The van der Waals surface area contributed by atoms with Crippen LogP contribution in [0.3, 0.4) is 0 Å². The Morgan fingerprint density at radius 2 is 1.74 bits per heavy atom. The van der Waals surface area contributed by atoms with Crippen LogP contribution >= 0.6 is 11.3 Å². The first kappa shape index (κ1) is 21.0. The molecule has 0 saturated heterocycles. The molecule has 7 nitrogen and oxygen atoms in total. The Balaban J connectivity index is 1.25. The van der Waals surface area contributed by atoms with Gasteiger partial charge in [-0.25, -0.2) is 0 Å². The first-order valence-electron chi connectivity index (χ1n) is 11.0. The number of hydrogen-bond donors (Lipinski definition) is 1. The molecule has 6 rings (SSSR count). The number of thiophene rings is 1. The number of nitrogens with one attached hydrogen (secondary N) is 1. The Hall–Kier alpha value is -4.56. The quantitative estimate of drug-likeness (QED) is 0.296. The van der Waals surface area contributed by atoms with Crippen molar-refractivity contribution < 1.29 is 13.8 Å². The Labute approximate surface area is 204 Å². The van der Waals surface area contributed by atoms with Gasteiger partial charge in [0.1, 0.15) is 5.52 Å². The van der Waals surface area contributed by atoms with Crippen LogP contribution in [0.4, 0.5) is 5.69 Å². The molecule has 3 heterocycles. The molecule has 0 aliphatic heterocycles. The van der Waals surface area contributed by atoms with Gasteiger partial charge in [0, 0.05) is 16.8 Å². The van der Waals surface area contributed by atoms with Gasteiger partial charge in [-0.1, -0.05) is 64.9 Å². The van der Waals surface area contributed by atoms with Crippen molar-refractivity contribution in [3.8, 4) is 22.0 Å². The fraction of sp³-hybridized carbons (Fsp3) is 0.0370. The van der Waals surface area contributed by atoms with Gasteiger partial charge < -0.3 is 14.4 Å². The van der Waals surface area contributed by atoms with Crippen molar-refractivity contribution in [2.75, 3.05) is 5.32 Å². The summed E-state index contributed by atoms with van der Waals surface area (Å²) in [6.07, 6.45) is 0.400. The van der Waals surface area contributed by atoms with Crippen LogP contribution in [0.2, 0.25) is 0 Å². The van der Waals surface area contributed by atoms with E-state index in [0.29, 0.717) is 40.7 Å². The molecule has 8 heteroatoms. The van der Waals surface area contributed by atoms with Crippen molar-refractivity contribution in [2.24, 2.45) is 0 Å². The third kappa shape index (κ3) is 4.22. The van der Waals surface area contributed by atoms with Crippen LogP contribution in [0.25, 0.3) is 32.9 Å². The number of para-hydroxylation sites is 1. The maximum Gasteiger partial charge on any atom is 0.255 e. The molecule has 0 spiro atoms.